The third-order valence-corrected chi connectivity index (χ3v) is 3.01. The lowest BCUT2D eigenvalue weighted by atomic mass is 9.98. The molecule has 1 atom stereocenters. The molecular formula is C13H23NO2. The van der Waals surface area contributed by atoms with Crippen molar-refractivity contribution >= 4 is 5.97 Å². The molecule has 1 saturated heterocycles. The van der Waals surface area contributed by atoms with E-state index in [1.807, 2.05) is 13.0 Å². The monoisotopic (exact) mass is 225 g/mol. The molecule has 0 radical (unpaired) electrons. The fourth-order valence-electron chi connectivity index (χ4n) is 2.17. The van der Waals surface area contributed by atoms with Crippen LogP contribution in [0.2, 0.25) is 0 Å². The summed E-state index contributed by atoms with van der Waals surface area (Å²) in [6.45, 7) is 9.13. The lowest BCUT2D eigenvalue weighted by Gasteiger charge is -2.31. The van der Waals surface area contributed by atoms with Crippen molar-refractivity contribution in [3.63, 3.8) is 0 Å². The maximum absolute atomic E-state index is 11.6. The largest absolute Gasteiger partial charge is 0.466 e. The molecule has 92 valence electrons. The van der Waals surface area contributed by atoms with Crippen LogP contribution in [0.3, 0.4) is 0 Å². The summed E-state index contributed by atoms with van der Waals surface area (Å²) in [6, 6.07) is 0. The molecule has 0 aromatic heterocycles. The lowest BCUT2D eigenvalue weighted by molar-refractivity contribution is -0.149. The van der Waals surface area contributed by atoms with Crippen molar-refractivity contribution in [2.45, 2.75) is 32.6 Å². The van der Waals surface area contributed by atoms with Gasteiger partial charge in [0.2, 0.25) is 0 Å². The zero-order valence-corrected chi connectivity index (χ0v) is 10.3. The number of unbranched alkanes of at least 4 members (excludes halogenated alkanes) is 1. The first-order valence-corrected chi connectivity index (χ1v) is 6.27. The SMILES string of the molecule is C=CCCCN1CCC[C@@H](C(=O)OCC)C1. The van der Waals surface area contributed by atoms with Crippen molar-refractivity contribution in [2.75, 3.05) is 26.2 Å². The molecule has 0 amide bonds. The van der Waals surface area contributed by atoms with E-state index in [0.717, 1.165) is 45.3 Å². The van der Waals surface area contributed by atoms with Crippen molar-refractivity contribution in [3.05, 3.63) is 12.7 Å². The van der Waals surface area contributed by atoms with Crippen LogP contribution in [0.1, 0.15) is 32.6 Å². The molecule has 0 aromatic carbocycles. The van der Waals surface area contributed by atoms with E-state index in [1.165, 1.54) is 0 Å². The van der Waals surface area contributed by atoms with Crippen LogP contribution in [-0.2, 0) is 9.53 Å². The van der Waals surface area contributed by atoms with Crippen LogP contribution in [0.5, 0.6) is 0 Å². The predicted molar refractivity (Wildman–Crippen MR) is 65.2 cm³/mol. The van der Waals surface area contributed by atoms with Crippen molar-refractivity contribution in [1.29, 1.82) is 0 Å². The summed E-state index contributed by atoms with van der Waals surface area (Å²) in [5, 5.41) is 0. The Morgan fingerprint density at radius 1 is 1.62 bits per heavy atom. The standard InChI is InChI=1S/C13H23NO2/c1-3-5-6-9-14-10-7-8-12(11-14)13(15)16-4-2/h3,12H,1,4-11H2,2H3/t12-/m1/s1. The number of carbonyl (C=O) groups is 1. The highest BCUT2D eigenvalue weighted by Crippen LogP contribution is 2.18. The van der Waals surface area contributed by atoms with Crippen LogP contribution >= 0.6 is 0 Å². The Hall–Kier alpha value is -0.830. The van der Waals surface area contributed by atoms with Gasteiger partial charge in [0.1, 0.15) is 0 Å². The minimum absolute atomic E-state index is 0.0177. The third-order valence-electron chi connectivity index (χ3n) is 3.01. The molecule has 0 aromatic rings. The number of piperidine rings is 1. The van der Waals surface area contributed by atoms with Crippen molar-refractivity contribution in [2.24, 2.45) is 5.92 Å². The zero-order chi connectivity index (χ0) is 11.8. The number of likely N-dealkylation sites (tertiary alicyclic amines) is 1. The van der Waals surface area contributed by atoms with Gasteiger partial charge in [-0.15, -0.1) is 6.58 Å². The Bertz CT molecular complexity index is 228. The van der Waals surface area contributed by atoms with Gasteiger partial charge >= 0.3 is 5.97 Å². The van der Waals surface area contributed by atoms with E-state index in [9.17, 15) is 4.79 Å². The second-order valence-corrected chi connectivity index (χ2v) is 4.32. The molecule has 0 saturated carbocycles. The molecule has 1 aliphatic rings. The number of ether oxygens (including phenoxy) is 1. The summed E-state index contributed by atoms with van der Waals surface area (Å²) >= 11 is 0. The summed E-state index contributed by atoms with van der Waals surface area (Å²) in [4.78, 5) is 14.0. The summed E-state index contributed by atoms with van der Waals surface area (Å²) in [5.74, 6) is 0.0772. The average Bonchev–Trinajstić information content (AvgIpc) is 2.30. The van der Waals surface area contributed by atoms with Gasteiger partial charge < -0.3 is 9.64 Å². The molecule has 0 unspecified atom stereocenters. The molecule has 0 N–H and O–H groups in total. The van der Waals surface area contributed by atoms with Crippen molar-refractivity contribution < 1.29 is 9.53 Å². The van der Waals surface area contributed by atoms with E-state index in [2.05, 4.69) is 11.5 Å². The van der Waals surface area contributed by atoms with E-state index < -0.39 is 0 Å². The number of esters is 1. The van der Waals surface area contributed by atoms with Gasteiger partial charge in [0.15, 0.2) is 0 Å². The highest BCUT2D eigenvalue weighted by atomic mass is 16.5. The van der Waals surface area contributed by atoms with Crippen molar-refractivity contribution in [1.82, 2.24) is 4.90 Å². The van der Waals surface area contributed by atoms with E-state index >= 15 is 0 Å². The highest BCUT2D eigenvalue weighted by molar-refractivity contribution is 5.72. The normalized spacial score (nSPS) is 21.7. The van der Waals surface area contributed by atoms with Crippen LogP contribution in [0, 0.1) is 5.92 Å². The van der Waals surface area contributed by atoms with E-state index in [1.54, 1.807) is 0 Å². The van der Waals surface area contributed by atoms with Gasteiger partial charge in [-0.1, -0.05) is 6.08 Å². The van der Waals surface area contributed by atoms with Gasteiger partial charge in [-0.3, -0.25) is 4.79 Å². The fraction of sp³-hybridized carbons (Fsp3) is 0.769. The quantitative estimate of drug-likeness (QED) is 0.394. The number of rotatable bonds is 6. The minimum Gasteiger partial charge on any atom is -0.466 e. The van der Waals surface area contributed by atoms with Crippen LogP contribution in [0.25, 0.3) is 0 Å². The molecule has 0 bridgehead atoms. The van der Waals surface area contributed by atoms with Gasteiger partial charge in [-0.2, -0.15) is 0 Å². The second-order valence-electron chi connectivity index (χ2n) is 4.32. The first kappa shape index (κ1) is 13.2. The minimum atomic E-state index is -0.0177. The van der Waals surface area contributed by atoms with Crippen LogP contribution in [0.4, 0.5) is 0 Å². The third kappa shape index (κ3) is 4.35. The lowest BCUT2D eigenvalue weighted by Crippen LogP contribution is -2.39. The molecule has 1 fully saturated rings. The number of carbonyl (C=O) groups excluding carboxylic acids is 1. The van der Waals surface area contributed by atoms with Gasteiger partial charge in [-0.25, -0.2) is 0 Å². The summed E-state index contributed by atoms with van der Waals surface area (Å²) < 4.78 is 5.07. The highest BCUT2D eigenvalue weighted by Gasteiger charge is 2.26. The number of allylic oxidation sites excluding steroid dienone is 1. The van der Waals surface area contributed by atoms with Crippen LogP contribution in [0.15, 0.2) is 12.7 Å². The second kappa shape index (κ2) is 7.44. The van der Waals surface area contributed by atoms with E-state index in [0.29, 0.717) is 6.61 Å². The first-order valence-electron chi connectivity index (χ1n) is 6.27. The van der Waals surface area contributed by atoms with Crippen molar-refractivity contribution in [3.8, 4) is 0 Å². The maximum atomic E-state index is 11.6. The molecule has 1 aliphatic heterocycles. The van der Waals surface area contributed by atoms with Gasteiger partial charge in [-0.05, 0) is 45.7 Å². The Labute approximate surface area is 98.5 Å². The fourth-order valence-corrected chi connectivity index (χ4v) is 2.17. The predicted octanol–water partition coefficient (Wildman–Crippen LogP) is 2.23. The molecule has 16 heavy (non-hydrogen) atoms. The Balaban J connectivity index is 2.29. The molecule has 0 spiro atoms. The molecular weight excluding hydrogens is 202 g/mol. The summed E-state index contributed by atoms with van der Waals surface area (Å²) in [6.07, 6.45) is 6.24. The molecule has 1 rings (SSSR count). The Morgan fingerprint density at radius 2 is 2.44 bits per heavy atom. The smallest absolute Gasteiger partial charge is 0.310 e. The molecule has 0 aliphatic carbocycles. The Kier molecular flexibility index (Phi) is 6.16. The number of hydrogen-bond donors (Lipinski definition) is 0. The van der Waals surface area contributed by atoms with Crippen LogP contribution < -0.4 is 0 Å². The summed E-state index contributed by atoms with van der Waals surface area (Å²) in [7, 11) is 0. The molecule has 3 nitrogen and oxygen atoms in total. The first-order chi connectivity index (χ1) is 7.77. The summed E-state index contributed by atoms with van der Waals surface area (Å²) in [5.41, 5.74) is 0. The maximum Gasteiger partial charge on any atom is 0.310 e. The van der Waals surface area contributed by atoms with Gasteiger partial charge in [0, 0.05) is 6.54 Å². The zero-order valence-electron chi connectivity index (χ0n) is 10.3. The number of nitrogens with zero attached hydrogens (tertiary/aromatic N) is 1. The van der Waals surface area contributed by atoms with Crippen LogP contribution in [-0.4, -0.2) is 37.1 Å². The van der Waals surface area contributed by atoms with Gasteiger partial charge in [0.05, 0.1) is 12.5 Å². The number of hydrogen-bond acceptors (Lipinski definition) is 3. The average molecular weight is 225 g/mol. The van der Waals surface area contributed by atoms with E-state index in [-0.39, 0.29) is 11.9 Å². The molecule has 1 heterocycles. The topological polar surface area (TPSA) is 29.5 Å². The van der Waals surface area contributed by atoms with E-state index in [4.69, 9.17) is 4.74 Å². The molecule has 3 heteroatoms. The van der Waals surface area contributed by atoms with Gasteiger partial charge in [0.25, 0.3) is 0 Å². The Morgan fingerprint density at radius 3 is 3.12 bits per heavy atom.